The summed E-state index contributed by atoms with van der Waals surface area (Å²) in [5.41, 5.74) is 3.11. The number of primary amides is 1. The molecule has 1 atom stereocenters. The van der Waals surface area contributed by atoms with Crippen LogP contribution in [-0.2, 0) is 6.18 Å². The molecular formula is C17H17F4N3O2. The zero-order valence-electron chi connectivity index (χ0n) is 13.6. The summed E-state index contributed by atoms with van der Waals surface area (Å²) < 4.78 is 53.4. The van der Waals surface area contributed by atoms with E-state index in [-0.39, 0.29) is 5.69 Å². The van der Waals surface area contributed by atoms with Gasteiger partial charge in [-0.3, -0.25) is 4.79 Å². The molecule has 1 aromatic heterocycles. The quantitative estimate of drug-likeness (QED) is 0.764. The standard InChI is InChI=1S/C17H17F4N3O2/c18-11-5-4-10(14(25)6-3-9-1-2-9)7-12(11)24-13(16(22)26)8-15(23-24)17(19,20)21/h4-5,7-9,14,25H,1-3,6H2,(H2,22,26). The van der Waals surface area contributed by atoms with Crippen LogP contribution in [0.2, 0.25) is 0 Å². The number of carbonyl (C=O) groups excluding carboxylic acids is 1. The maximum Gasteiger partial charge on any atom is 0.435 e. The summed E-state index contributed by atoms with van der Waals surface area (Å²) in [6.07, 6.45) is -2.17. The Labute approximate surface area is 146 Å². The third-order valence-corrected chi connectivity index (χ3v) is 4.38. The summed E-state index contributed by atoms with van der Waals surface area (Å²) in [5.74, 6) is -1.47. The number of alkyl halides is 3. The van der Waals surface area contributed by atoms with Crippen molar-refractivity contribution in [3.8, 4) is 5.69 Å². The van der Waals surface area contributed by atoms with E-state index in [1.54, 1.807) is 0 Å². The number of aliphatic hydroxyl groups excluding tert-OH is 1. The van der Waals surface area contributed by atoms with E-state index >= 15 is 0 Å². The lowest BCUT2D eigenvalue weighted by Gasteiger charge is -2.14. The minimum absolute atomic E-state index is 0.335. The Balaban J connectivity index is 1.98. The number of hydrogen-bond acceptors (Lipinski definition) is 3. The lowest BCUT2D eigenvalue weighted by Crippen LogP contribution is -2.17. The fraction of sp³-hybridized carbons (Fsp3) is 0.412. The number of halogens is 4. The summed E-state index contributed by atoms with van der Waals surface area (Å²) in [7, 11) is 0. The van der Waals surface area contributed by atoms with Crippen LogP contribution in [0.5, 0.6) is 0 Å². The van der Waals surface area contributed by atoms with Gasteiger partial charge in [0.15, 0.2) is 5.69 Å². The maximum absolute atomic E-state index is 14.2. The van der Waals surface area contributed by atoms with Crippen LogP contribution < -0.4 is 5.73 Å². The maximum atomic E-state index is 14.2. The first-order valence-electron chi connectivity index (χ1n) is 8.11. The Kier molecular flexibility index (Phi) is 4.74. The van der Waals surface area contributed by atoms with Crippen LogP contribution in [0.3, 0.4) is 0 Å². The lowest BCUT2D eigenvalue weighted by atomic mass is 10.0. The Bertz CT molecular complexity index is 828. The van der Waals surface area contributed by atoms with Gasteiger partial charge >= 0.3 is 6.18 Å². The monoisotopic (exact) mass is 371 g/mol. The van der Waals surface area contributed by atoms with Gasteiger partial charge in [0, 0.05) is 6.07 Å². The summed E-state index contributed by atoms with van der Waals surface area (Å²) in [5, 5.41) is 13.5. The predicted molar refractivity (Wildman–Crippen MR) is 84.0 cm³/mol. The Morgan fingerprint density at radius 1 is 1.35 bits per heavy atom. The summed E-state index contributed by atoms with van der Waals surface area (Å²) >= 11 is 0. The first kappa shape index (κ1) is 18.4. The second-order valence-electron chi connectivity index (χ2n) is 6.44. The Hall–Kier alpha value is -2.42. The Morgan fingerprint density at radius 3 is 2.62 bits per heavy atom. The fourth-order valence-electron chi connectivity index (χ4n) is 2.74. The zero-order chi connectivity index (χ0) is 19.1. The molecule has 0 saturated heterocycles. The molecule has 0 radical (unpaired) electrons. The van der Waals surface area contributed by atoms with Crippen LogP contribution in [0.25, 0.3) is 5.69 Å². The van der Waals surface area contributed by atoms with Crippen molar-refractivity contribution in [2.75, 3.05) is 0 Å². The number of carbonyl (C=O) groups is 1. The molecule has 140 valence electrons. The molecule has 2 aromatic rings. The van der Waals surface area contributed by atoms with Crippen LogP contribution in [0.1, 0.15) is 53.5 Å². The zero-order valence-corrected chi connectivity index (χ0v) is 13.6. The molecule has 3 rings (SSSR count). The second-order valence-corrected chi connectivity index (χ2v) is 6.44. The molecule has 1 fully saturated rings. The van der Waals surface area contributed by atoms with Crippen molar-refractivity contribution in [3.63, 3.8) is 0 Å². The number of hydrogen-bond donors (Lipinski definition) is 2. The van der Waals surface area contributed by atoms with Gasteiger partial charge < -0.3 is 10.8 Å². The van der Waals surface area contributed by atoms with E-state index in [1.807, 2.05) is 0 Å². The van der Waals surface area contributed by atoms with Gasteiger partial charge in [-0.1, -0.05) is 18.9 Å². The van der Waals surface area contributed by atoms with E-state index in [1.165, 1.54) is 12.1 Å². The van der Waals surface area contributed by atoms with Gasteiger partial charge in [0.05, 0.1) is 6.10 Å². The SMILES string of the molecule is NC(=O)c1cc(C(F)(F)F)nn1-c1cc(C(O)CCC2CC2)ccc1F. The number of rotatable bonds is 6. The van der Waals surface area contributed by atoms with Crippen LogP contribution >= 0.6 is 0 Å². The van der Waals surface area contributed by atoms with E-state index < -0.39 is 35.4 Å². The van der Waals surface area contributed by atoms with Crippen LogP contribution in [0.4, 0.5) is 17.6 Å². The number of aromatic nitrogens is 2. The van der Waals surface area contributed by atoms with Crippen molar-refractivity contribution < 1.29 is 27.5 Å². The van der Waals surface area contributed by atoms with Crippen molar-refractivity contribution in [1.29, 1.82) is 0 Å². The molecule has 1 aliphatic rings. The first-order valence-corrected chi connectivity index (χ1v) is 8.11. The number of benzene rings is 1. The van der Waals surface area contributed by atoms with Crippen molar-refractivity contribution in [3.05, 3.63) is 47.0 Å². The molecule has 1 heterocycles. The molecule has 1 saturated carbocycles. The largest absolute Gasteiger partial charge is 0.435 e. The molecule has 26 heavy (non-hydrogen) atoms. The van der Waals surface area contributed by atoms with E-state index in [9.17, 15) is 27.5 Å². The fourth-order valence-corrected chi connectivity index (χ4v) is 2.74. The normalized spacial score (nSPS) is 15.9. The smallest absolute Gasteiger partial charge is 0.388 e. The highest BCUT2D eigenvalue weighted by Gasteiger charge is 2.36. The van der Waals surface area contributed by atoms with Gasteiger partial charge in [-0.15, -0.1) is 0 Å². The Morgan fingerprint density at radius 2 is 2.04 bits per heavy atom. The molecule has 1 aromatic carbocycles. The molecule has 0 spiro atoms. The minimum Gasteiger partial charge on any atom is -0.388 e. The van der Waals surface area contributed by atoms with E-state index in [0.717, 1.165) is 25.3 Å². The lowest BCUT2D eigenvalue weighted by molar-refractivity contribution is -0.141. The number of amides is 1. The topological polar surface area (TPSA) is 81.1 Å². The molecule has 1 amide bonds. The van der Waals surface area contributed by atoms with Gasteiger partial charge in [0.25, 0.3) is 5.91 Å². The highest BCUT2D eigenvalue weighted by molar-refractivity contribution is 5.91. The van der Waals surface area contributed by atoms with Crippen molar-refractivity contribution in [2.24, 2.45) is 11.7 Å². The highest BCUT2D eigenvalue weighted by atomic mass is 19.4. The molecule has 9 heteroatoms. The van der Waals surface area contributed by atoms with Crippen molar-refractivity contribution >= 4 is 5.91 Å². The molecule has 1 unspecified atom stereocenters. The number of nitrogens with zero attached hydrogens (tertiary/aromatic N) is 2. The molecule has 0 bridgehead atoms. The number of aliphatic hydroxyl groups is 1. The van der Waals surface area contributed by atoms with Crippen LogP contribution in [0.15, 0.2) is 24.3 Å². The van der Waals surface area contributed by atoms with Crippen LogP contribution in [0, 0.1) is 11.7 Å². The predicted octanol–water partition coefficient (Wildman–Crippen LogP) is 3.35. The van der Waals surface area contributed by atoms with Crippen molar-refractivity contribution in [1.82, 2.24) is 9.78 Å². The second kappa shape index (κ2) is 6.71. The summed E-state index contributed by atoms with van der Waals surface area (Å²) in [6, 6.07) is 4.03. The minimum atomic E-state index is -4.81. The van der Waals surface area contributed by atoms with Gasteiger partial charge in [0.1, 0.15) is 17.2 Å². The van der Waals surface area contributed by atoms with Crippen molar-refractivity contribution in [2.45, 2.75) is 38.0 Å². The molecule has 3 N–H and O–H groups in total. The van der Waals surface area contributed by atoms with E-state index in [4.69, 9.17) is 5.73 Å². The van der Waals surface area contributed by atoms with E-state index in [0.29, 0.717) is 28.7 Å². The molecular weight excluding hydrogens is 354 g/mol. The number of nitrogens with two attached hydrogens (primary N) is 1. The third kappa shape index (κ3) is 3.87. The third-order valence-electron chi connectivity index (χ3n) is 4.38. The first-order chi connectivity index (χ1) is 12.2. The average Bonchev–Trinajstić information content (AvgIpc) is 3.27. The molecule has 5 nitrogen and oxygen atoms in total. The summed E-state index contributed by atoms with van der Waals surface area (Å²) in [6.45, 7) is 0. The van der Waals surface area contributed by atoms with Gasteiger partial charge in [-0.25, -0.2) is 9.07 Å². The van der Waals surface area contributed by atoms with Crippen LogP contribution in [-0.4, -0.2) is 20.8 Å². The average molecular weight is 371 g/mol. The summed E-state index contributed by atoms with van der Waals surface area (Å²) in [4.78, 5) is 11.5. The molecule has 1 aliphatic carbocycles. The highest BCUT2D eigenvalue weighted by Crippen LogP contribution is 2.36. The van der Waals surface area contributed by atoms with Gasteiger partial charge in [-0.05, 0) is 36.5 Å². The van der Waals surface area contributed by atoms with Gasteiger partial charge in [0.2, 0.25) is 0 Å². The van der Waals surface area contributed by atoms with E-state index in [2.05, 4.69) is 5.10 Å². The van der Waals surface area contributed by atoms with Gasteiger partial charge in [-0.2, -0.15) is 18.3 Å². The molecule has 0 aliphatic heterocycles.